The van der Waals surface area contributed by atoms with Gasteiger partial charge in [0.05, 0.1) is 0 Å². The lowest BCUT2D eigenvalue weighted by Crippen LogP contribution is -2.35. The summed E-state index contributed by atoms with van der Waals surface area (Å²) >= 11 is 0. The fourth-order valence-electron chi connectivity index (χ4n) is 3.25. The molecule has 20 heavy (non-hydrogen) atoms. The summed E-state index contributed by atoms with van der Waals surface area (Å²) in [5, 5.41) is 6.36. The maximum absolute atomic E-state index is 3.62. The van der Waals surface area contributed by atoms with E-state index in [9.17, 15) is 0 Å². The average molecular weight is 267 g/mol. The normalized spacial score (nSPS) is 22.1. The summed E-state index contributed by atoms with van der Waals surface area (Å²) in [7, 11) is 0. The molecular formula is C19H25N. The number of fused-ring (bicyclic) bond motifs is 1. The fourth-order valence-corrected chi connectivity index (χ4v) is 3.25. The lowest BCUT2D eigenvalue weighted by molar-refractivity contribution is 0.243. The minimum absolute atomic E-state index is 0.745. The summed E-state index contributed by atoms with van der Waals surface area (Å²) in [5.74, 6) is 2.34. The van der Waals surface area contributed by atoms with Crippen molar-refractivity contribution in [3.63, 3.8) is 0 Å². The highest BCUT2D eigenvalue weighted by Crippen LogP contribution is 2.42. The minimum Gasteiger partial charge on any atom is -0.316 e. The Hall–Kier alpha value is -1.34. The summed E-state index contributed by atoms with van der Waals surface area (Å²) in [6.07, 6.45) is 2.73. The predicted octanol–water partition coefficient (Wildman–Crippen LogP) is 4.58. The Labute approximate surface area is 122 Å². The standard InChI is InChI=1S/C19H25N/c1-14(2)12-20-13-18-9-10-19(18)17-8-7-15-5-3-4-6-16(15)11-17/h3-8,11,14,18-20H,9-10,12-13H2,1-2H3. The van der Waals surface area contributed by atoms with Gasteiger partial charge in [-0.05, 0) is 60.0 Å². The molecule has 106 valence electrons. The third kappa shape index (κ3) is 2.88. The maximum atomic E-state index is 3.62. The van der Waals surface area contributed by atoms with Crippen molar-refractivity contribution in [3.05, 3.63) is 48.0 Å². The molecule has 2 aromatic carbocycles. The van der Waals surface area contributed by atoms with Gasteiger partial charge in [-0.3, -0.25) is 0 Å². The molecule has 0 aliphatic heterocycles. The van der Waals surface area contributed by atoms with Crippen LogP contribution in [0.2, 0.25) is 0 Å². The van der Waals surface area contributed by atoms with Gasteiger partial charge in [-0.15, -0.1) is 0 Å². The molecule has 0 spiro atoms. The van der Waals surface area contributed by atoms with E-state index in [1.807, 2.05) is 0 Å². The van der Waals surface area contributed by atoms with Crippen LogP contribution in [-0.2, 0) is 0 Å². The Morgan fingerprint density at radius 1 is 1.05 bits per heavy atom. The van der Waals surface area contributed by atoms with Crippen molar-refractivity contribution in [1.29, 1.82) is 0 Å². The van der Waals surface area contributed by atoms with E-state index in [2.05, 4.69) is 61.6 Å². The largest absolute Gasteiger partial charge is 0.316 e. The molecule has 1 aliphatic rings. The van der Waals surface area contributed by atoms with E-state index in [0.29, 0.717) is 0 Å². The first kappa shape index (κ1) is 13.6. The van der Waals surface area contributed by atoms with E-state index in [1.165, 1.54) is 35.7 Å². The molecule has 0 heterocycles. The van der Waals surface area contributed by atoms with Gasteiger partial charge in [0.1, 0.15) is 0 Å². The summed E-state index contributed by atoms with van der Waals surface area (Å²) in [4.78, 5) is 0. The predicted molar refractivity (Wildman–Crippen MR) is 87.1 cm³/mol. The van der Waals surface area contributed by atoms with Crippen molar-refractivity contribution >= 4 is 10.8 Å². The number of rotatable bonds is 5. The van der Waals surface area contributed by atoms with Gasteiger partial charge in [0.15, 0.2) is 0 Å². The molecule has 1 fully saturated rings. The molecule has 2 atom stereocenters. The van der Waals surface area contributed by atoms with Crippen LogP contribution >= 0.6 is 0 Å². The van der Waals surface area contributed by atoms with Gasteiger partial charge in [0.25, 0.3) is 0 Å². The Morgan fingerprint density at radius 3 is 2.55 bits per heavy atom. The first-order valence-corrected chi connectivity index (χ1v) is 7.93. The molecule has 1 N–H and O–H groups in total. The number of hydrogen-bond donors (Lipinski definition) is 1. The van der Waals surface area contributed by atoms with Gasteiger partial charge in [-0.25, -0.2) is 0 Å². The molecule has 2 aromatic rings. The van der Waals surface area contributed by atoms with Crippen LogP contribution in [0, 0.1) is 11.8 Å². The second kappa shape index (κ2) is 5.97. The zero-order valence-corrected chi connectivity index (χ0v) is 12.6. The highest BCUT2D eigenvalue weighted by atomic mass is 14.9. The van der Waals surface area contributed by atoms with Gasteiger partial charge < -0.3 is 5.32 Å². The van der Waals surface area contributed by atoms with E-state index >= 15 is 0 Å². The zero-order valence-electron chi connectivity index (χ0n) is 12.6. The van der Waals surface area contributed by atoms with Gasteiger partial charge in [-0.1, -0.05) is 56.3 Å². The van der Waals surface area contributed by atoms with Crippen LogP contribution in [0.3, 0.4) is 0 Å². The fraction of sp³-hybridized carbons (Fsp3) is 0.474. The first-order chi connectivity index (χ1) is 9.74. The molecule has 2 unspecified atom stereocenters. The van der Waals surface area contributed by atoms with Crippen molar-refractivity contribution < 1.29 is 0 Å². The van der Waals surface area contributed by atoms with E-state index in [1.54, 1.807) is 0 Å². The van der Waals surface area contributed by atoms with Crippen LogP contribution in [0.25, 0.3) is 10.8 Å². The Kier molecular flexibility index (Phi) is 4.07. The van der Waals surface area contributed by atoms with Gasteiger partial charge in [0, 0.05) is 0 Å². The van der Waals surface area contributed by atoms with Crippen molar-refractivity contribution in [2.45, 2.75) is 32.6 Å². The van der Waals surface area contributed by atoms with E-state index < -0.39 is 0 Å². The van der Waals surface area contributed by atoms with E-state index in [0.717, 1.165) is 24.3 Å². The molecule has 1 aliphatic carbocycles. The lowest BCUT2D eigenvalue weighted by Gasteiger charge is -2.37. The molecule has 0 aromatic heterocycles. The molecule has 1 saturated carbocycles. The second-order valence-electron chi connectivity index (χ2n) is 6.60. The first-order valence-electron chi connectivity index (χ1n) is 7.93. The van der Waals surface area contributed by atoms with E-state index in [4.69, 9.17) is 0 Å². The van der Waals surface area contributed by atoms with Crippen LogP contribution in [0.4, 0.5) is 0 Å². The Balaban J connectivity index is 1.68. The van der Waals surface area contributed by atoms with Gasteiger partial charge >= 0.3 is 0 Å². The van der Waals surface area contributed by atoms with Crippen molar-refractivity contribution in [3.8, 4) is 0 Å². The van der Waals surface area contributed by atoms with Crippen LogP contribution in [-0.4, -0.2) is 13.1 Å². The SMILES string of the molecule is CC(C)CNCC1CCC1c1ccc2ccccc2c1. The average Bonchev–Trinajstić information content (AvgIpc) is 2.42. The smallest absolute Gasteiger partial charge is 0.00146 e. The molecule has 1 heteroatoms. The van der Waals surface area contributed by atoms with Gasteiger partial charge in [0.2, 0.25) is 0 Å². The molecule has 0 radical (unpaired) electrons. The zero-order chi connectivity index (χ0) is 13.9. The van der Waals surface area contributed by atoms with Crippen molar-refractivity contribution in [2.24, 2.45) is 11.8 Å². The van der Waals surface area contributed by atoms with Crippen LogP contribution in [0.15, 0.2) is 42.5 Å². The van der Waals surface area contributed by atoms with Gasteiger partial charge in [-0.2, -0.15) is 0 Å². The van der Waals surface area contributed by atoms with Crippen LogP contribution in [0.5, 0.6) is 0 Å². The molecule has 0 bridgehead atoms. The third-order valence-electron chi connectivity index (χ3n) is 4.58. The monoisotopic (exact) mass is 267 g/mol. The van der Waals surface area contributed by atoms with E-state index in [-0.39, 0.29) is 0 Å². The quantitative estimate of drug-likeness (QED) is 0.836. The molecular weight excluding hydrogens is 242 g/mol. The Morgan fingerprint density at radius 2 is 1.85 bits per heavy atom. The summed E-state index contributed by atoms with van der Waals surface area (Å²) in [6.45, 7) is 6.86. The van der Waals surface area contributed by atoms with Crippen LogP contribution in [0.1, 0.15) is 38.2 Å². The number of hydrogen-bond acceptors (Lipinski definition) is 1. The summed E-state index contributed by atoms with van der Waals surface area (Å²) < 4.78 is 0. The lowest BCUT2D eigenvalue weighted by atomic mass is 9.69. The molecule has 0 saturated heterocycles. The highest BCUT2D eigenvalue weighted by Gasteiger charge is 2.31. The van der Waals surface area contributed by atoms with Crippen molar-refractivity contribution in [2.75, 3.05) is 13.1 Å². The number of benzene rings is 2. The number of nitrogens with one attached hydrogen (secondary N) is 1. The Bertz CT molecular complexity index is 573. The maximum Gasteiger partial charge on any atom is -0.00146 e. The minimum atomic E-state index is 0.745. The van der Waals surface area contributed by atoms with Crippen molar-refractivity contribution in [1.82, 2.24) is 5.32 Å². The second-order valence-corrected chi connectivity index (χ2v) is 6.60. The summed E-state index contributed by atoms with van der Waals surface area (Å²) in [6, 6.07) is 15.7. The topological polar surface area (TPSA) is 12.0 Å². The molecule has 0 amide bonds. The highest BCUT2D eigenvalue weighted by molar-refractivity contribution is 5.83. The third-order valence-corrected chi connectivity index (χ3v) is 4.58. The van der Waals surface area contributed by atoms with Crippen LogP contribution < -0.4 is 5.32 Å². The summed E-state index contributed by atoms with van der Waals surface area (Å²) in [5.41, 5.74) is 1.53. The molecule has 3 rings (SSSR count). The molecule has 1 nitrogen and oxygen atoms in total.